The molecular weight excluding hydrogens is 318 g/mol. The summed E-state index contributed by atoms with van der Waals surface area (Å²) >= 11 is 1.68. The first-order chi connectivity index (χ1) is 11.7. The van der Waals surface area contributed by atoms with Crippen LogP contribution in [-0.2, 0) is 6.54 Å². The van der Waals surface area contributed by atoms with Crippen LogP contribution >= 0.6 is 11.3 Å². The maximum absolute atomic E-state index is 12.1. The van der Waals surface area contributed by atoms with E-state index in [2.05, 4.69) is 46.6 Å². The largest absolute Gasteiger partial charge is 0.337 e. The van der Waals surface area contributed by atoms with Gasteiger partial charge in [-0.05, 0) is 35.9 Å². The third-order valence-electron chi connectivity index (χ3n) is 4.57. The molecule has 5 heteroatoms. The van der Waals surface area contributed by atoms with E-state index in [0.717, 1.165) is 19.6 Å². The normalized spacial score (nSPS) is 17.8. The van der Waals surface area contributed by atoms with Crippen LogP contribution in [0.5, 0.6) is 0 Å². The molecule has 0 bridgehead atoms. The van der Waals surface area contributed by atoms with Crippen molar-refractivity contribution < 1.29 is 4.79 Å². The molecule has 0 spiro atoms. The van der Waals surface area contributed by atoms with Gasteiger partial charge in [-0.15, -0.1) is 11.3 Å². The van der Waals surface area contributed by atoms with Crippen molar-refractivity contribution in [3.05, 3.63) is 58.3 Å². The number of likely N-dealkylation sites (tertiary alicyclic amines) is 1. The number of carbonyl (C=O) groups excluding carboxylic acids is 1. The molecule has 2 aromatic rings. The molecule has 24 heavy (non-hydrogen) atoms. The van der Waals surface area contributed by atoms with E-state index in [0.29, 0.717) is 19.0 Å². The van der Waals surface area contributed by atoms with E-state index in [1.165, 1.54) is 16.9 Å². The smallest absolute Gasteiger partial charge is 0.317 e. The molecule has 1 N–H and O–H groups in total. The third-order valence-corrected chi connectivity index (χ3v) is 5.43. The Morgan fingerprint density at radius 1 is 1.29 bits per heavy atom. The number of thiophene rings is 1. The first kappa shape index (κ1) is 17.0. The van der Waals surface area contributed by atoms with E-state index in [1.54, 1.807) is 16.2 Å². The lowest BCUT2D eigenvalue weighted by Crippen LogP contribution is -2.40. The number of urea groups is 1. The molecule has 0 saturated carbocycles. The van der Waals surface area contributed by atoms with Gasteiger partial charge in [0, 0.05) is 31.6 Å². The summed E-state index contributed by atoms with van der Waals surface area (Å²) in [5, 5.41) is 5.07. The number of nitrogens with zero attached hydrogens (tertiary/aromatic N) is 2. The minimum absolute atomic E-state index is 0.00204. The minimum atomic E-state index is 0.00204. The Kier molecular flexibility index (Phi) is 5.88. The van der Waals surface area contributed by atoms with Crippen molar-refractivity contribution in [2.24, 2.45) is 0 Å². The lowest BCUT2D eigenvalue weighted by atomic mass is 9.99. The van der Waals surface area contributed by atoms with E-state index in [-0.39, 0.29) is 6.03 Å². The van der Waals surface area contributed by atoms with Gasteiger partial charge in [0.1, 0.15) is 0 Å². The fraction of sp³-hybridized carbons (Fsp3) is 0.421. The van der Waals surface area contributed by atoms with Crippen LogP contribution in [0.4, 0.5) is 4.79 Å². The van der Waals surface area contributed by atoms with Crippen molar-refractivity contribution in [3.8, 4) is 0 Å². The van der Waals surface area contributed by atoms with Crippen LogP contribution in [0.25, 0.3) is 0 Å². The number of rotatable bonds is 6. The summed E-state index contributed by atoms with van der Waals surface area (Å²) in [5.41, 5.74) is 1.43. The van der Waals surface area contributed by atoms with Crippen LogP contribution in [0, 0.1) is 0 Å². The molecule has 1 aliphatic rings. The molecule has 2 amide bonds. The molecular formula is C19H25N3OS. The summed E-state index contributed by atoms with van der Waals surface area (Å²) < 4.78 is 0. The zero-order valence-electron chi connectivity index (χ0n) is 14.1. The number of hydrogen-bond donors (Lipinski definition) is 1. The Hall–Kier alpha value is -1.85. The molecule has 1 saturated heterocycles. The molecule has 0 aliphatic carbocycles. The Bertz CT molecular complexity index is 629. The van der Waals surface area contributed by atoms with Crippen LogP contribution in [0.15, 0.2) is 47.8 Å². The van der Waals surface area contributed by atoms with Crippen LogP contribution in [0.2, 0.25) is 0 Å². The quantitative estimate of drug-likeness (QED) is 0.873. The van der Waals surface area contributed by atoms with Crippen molar-refractivity contribution >= 4 is 17.4 Å². The van der Waals surface area contributed by atoms with Crippen LogP contribution in [0.1, 0.15) is 22.8 Å². The number of benzene rings is 1. The fourth-order valence-corrected chi connectivity index (χ4v) is 3.95. The zero-order valence-corrected chi connectivity index (χ0v) is 15.0. The second kappa shape index (κ2) is 8.31. The van der Waals surface area contributed by atoms with E-state index >= 15 is 0 Å². The summed E-state index contributed by atoms with van der Waals surface area (Å²) in [4.78, 5) is 17.5. The Morgan fingerprint density at radius 3 is 2.88 bits per heavy atom. The van der Waals surface area contributed by atoms with Crippen LogP contribution < -0.4 is 5.32 Å². The minimum Gasteiger partial charge on any atom is -0.337 e. The highest BCUT2D eigenvalue weighted by Gasteiger charge is 2.23. The second-order valence-corrected chi connectivity index (χ2v) is 7.40. The standard InChI is InChI=1S/C19H25N3OS/c1-21(15-18-8-5-13-24-18)19(23)20-10-12-22-11-9-17(14-22)16-6-3-2-4-7-16/h2-8,13,17H,9-12,14-15H2,1H3,(H,20,23)/t17-/m1/s1. The Labute approximate surface area is 148 Å². The molecule has 1 fully saturated rings. The number of carbonyl (C=O) groups is 1. The highest BCUT2D eigenvalue weighted by atomic mass is 32.1. The highest BCUT2D eigenvalue weighted by Crippen LogP contribution is 2.26. The average molecular weight is 343 g/mol. The molecule has 128 valence electrons. The van der Waals surface area contributed by atoms with Gasteiger partial charge in [-0.1, -0.05) is 36.4 Å². The molecule has 0 unspecified atom stereocenters. The van der Waals surface area contributed by atoms with Gasteiger partial charge in [0.25, 0.3) is 0 Å². The molecule has 1 aromatic carbocycles. The first-order valence-electron chi connectivity index (χ1n) is 8.51. The molecule has 4 nitrogen and oxygen atoms in total. The maximum Gasteiger partial charge on any atom is 0.317 e. The summed E-state index contributed by atoms with van der Waals surface area (Å²) in [6, 6.07) is 14.8. The van der Waals surface area contributed by atoms with Gasteiger partial charge >= 0.3 is 6.03 Å². The first-order valence-corrected chi connectivity index (χ1v) is 9.39. The SMILES string of the molecule is CN(Cc1cccs1)C(=O)NCCN1CC[C@@H](c2ccccc2)C1. The van der Waals surface area contributed by atoms with Crippen molar-refractivity contribution in [1.82, 2.24) is 15.1 Å². The molecule has 1 aliphatic heterocycles. The van der Waals surface area contributed by atoms with Crippen molar-refractivity contribution in [2.75, 3.05) is 33.2 Å². The zero-order chi connectivity index (χ0) is 16.8. The van der Waals surface area contributed by atoms with Crippen LogP contribution in [-0.4, -0.2) is 49.1 Å². The van der Waals surface area contributed by atoms with Crippen molar-refractivity contribution in [3.63, 3.8) is 0 Å². The molecule has 1 aromatic heterocycles. The van der Waals surface area contributed by atoms with E-state index < -0.39 is 0 Å². The number of hydrogen-bond acceptors (Lipinski definition) is 3. The van der Waals surface area contributed by atoms with E-state index in [1.807, 2.05) is 18.5 Å². The monoisotopic (exact) mass is 343 g/mol. The van der Waals surface area contributed by atoms with E-state index in [4.69, 9.17) is 0 Å². The average Bonchev–Trinajstić information content (AvgIpc) is 3.27. The summed E-state index contributed by atoms with van der Waals surface area (Å²) in [6.45, 7) is 4.49. The fourth-order valence-electron chi connectivity index (χ4n) is 3.20. The van der Waals surface area contributed by atoms with Gasteiger partial charge in [-0.2, -0.15) is 0 Å². The molecule has 3 rings (SSSR count). The molecule has 2 heterocycles. The highest BCUT2D eigenvalue weighted by molar-refractivity contribution is 7.09. The summed E-state index contributed by atoms with van der Waals surface area (Å²) in [5.74, 6) is 0.628. The predicted molar refractivity (Wildman–Crippen MR) is 99.4 cm³/mol. The summed E-state index contributed by atoms with van der Waals surface area (Å²) in [7, 11) is 1.84. The van der Waals surface area contributed by atoms with Gasteiger partial charge in [0.15, 0.2) is 0 Å². The number of amides is 2. The van der Waals surface area contributed by atoms with Gasteiger partial charge in [-0.3, -0.25) is 0 Å². The lowest BCUT2D eigenvalue weighted by molar-refractivity contribution is 0.205. The van der Waals surface area contributed by atoms with Crippen molar-refractivity contribution in [2.45, 2.75) is 18.9 Å². The maximum atomic E-state index is 12.1. The van der Waals surface area contributed by atoms with Gasteiger partial charge in [0.05, 0.1) is 6.54 Å². The topological polar surface area (TPSA) is 35.6 Å². The van der Waals surface area contributed by atoms with Gasteiger partial charge < -0.3 is 15.1 Å². The summed E-state index contributed by atoms with van der Waals surface area (Å²) in [6.07, 6.45) is 1.20. The van der Waals surface area contributed by atoms with Gasteiger partial charge in [-0.25, -0.2) is 4.79 Å². The third kappa shape index (κ3) is 4.58. The lowest BCUT2D eigenvalue weighted by Gasteiger charge is -2.20. The van der Waals surface area contributed by atoms with Gasteiger partial charge in [0.2, 0.25) is 0 Å². The van der Waals surface area contributed by atoms with E-state index in [9.17, 15) is 4.79 Å². The molecule has 1 atom stereocenters. The number of nitrogens with one attached hydrogen (secondary N) is 1. The van der Waals surface area contributed by atoms with Crippen LogP contribution in [0.3, 0.4) is 0 Å². The second-order valence-electron chi connectivity index (χ2n) is 6.36. The Balaban J connectivity index is 1.37. The molecule has 0 radical (unpaired) electrons. The van der Waals surface area contributed by atoms with Crippen molar-refractivity contribution in [1.29, 1.82) is 0 Å². The Morgan fingerprint density at radius 2 is 2.12 bits per heavy atom. The predicted octanol–water partition coefficient (Wildman–Crippen LogP) is 3.38.